The first-order chi connectivity index (χ1) is 15.6. The average Bonchev–Trinajstić information content (AvgIpc) is 3.57. The first-order valence-corrected chi connectivity index (χ1v) is 11.6. The zero-order valence-corrected chi connectivity index (χ0v) is 18.6. The van der Waals surface area contributed by atoms with Crippen LogP contribution in [0.15, 0.2) is 42.5 Å². The molecule has 1 saturated heterocycles. The Morgan fingerprint density at radius 1 is 1.06 bits per heavy atom. The maximum Gasteiger partial charge on any atom is 0.254 e. The molecule has 0 radical (unpaired) electrons. The zero-order valence-electron chi connectivity index (χ0n) is 18.6. The Bertz CT molecular complexity index is 1030. The van der Waals surface area contributed by atoms with Crippen molar-refractivity contribution in [1.82, 2.24) is 10.2 Å². The van der Waals surface area contributed by atoms with Crippen LogP contribution in [0.4, 0.5) is 0 Å². The van der Waals surface area contributed by atoms with Gasteiger partial charge in [-0.25, -0.2) is 0 Å². The van der Waals surface area contributed by atoms with E-state index in [9.17, 15) is 9.59 Å². The number of nitrogens with zero attached hydrogens (tertiary/aromatic N) is 1. The topological polar surface area (TPSA) is 67.9 Å². The minimum Gasteiger partial charge on any atom is -0.454 e. The van der Waals surface area contributed by atoms with Gasteiger partial charge in [0.1, 0.15) is 6.04 Å². The van der Waals surface area contributed by atoms with Crippen molar-refractivity contribution in [1.29, 1.82) is 0 Å². The molecule has 2 aromatic rings. The number of aryl methyl sites for hydroxylation is 1. The first kappa shape index (κ1) is 20.9. The summed E-state index contributed by atoms with van der Waals surface area (Å²) in [6.45, 7) is 3.50. The largest absolute Gasteiger partial charge is 0.454 e. The van der Waals surface area contributed by atoms with Gasteiger partial charge in [-0.2, -0.15) is 0 Å². The van der Waals surface area contributed by atoms with E-state index < -0.39 is 6.04 Å². The number of hydrogen-bond acceptors (Lipinski definition) is 4. The van der Waals surface area contributed by atoms with Crippen molar-refractivity contribution in [2.75, 3.05) is 19.9 Å². The summed E-state index contributed by atoms with van der Waals surface area (Å²) in [6.07, 6.45) is 6.06. The number of ether oxygens (including phenoxy) is 2. The van der Waals surface area contributed by atoms with Gasteiger partial charge in [0.2, 0.25) is 12.7 Å². The first-order valence-electron chi connectivity index (χ1n) is 11.6. The highest BCUT2D eigenvalue weighted by Crippen LogP contribution is 2.41. The molecule has 0 bridgehead atoms. The molecule has 168 valence electrons. The number of nitrogens with one attached hydrogen (secondary N) is 1. The molecule has 2 heterocycles. The maximum atomic E-state index is 13.2. The minimum atomic E-state index is -0.427. The van der Waals surface area contributed by atoms with Gasteiger partial charge in [-0.3, -0.25) is 9.59 Å². The molecule has 2 fully saturated rings. The molecule has 1 saturated carbocycles. The van der Waals surface area contributed by atoms with Crippen LogP contribution in [0.25, 0.3) is 0 Å². The normalized spacial score (nSPS) is 21.0. The quantitative estimate of drug-likeness (QED) is 0.774. The monoisotopic (exact) mass is 434 g/mol. The van der Waals surface area contributed by atoms with Crippen molar-refractivity contribution in [2.24, 2.45) is 0 Å². The van der Waals surface area contributed by atoms with E-state index in [0.29, 0.717) is 36.6 Å². The Hall–Kier alpha value is -3.02. The highest BCUT2D eigenvalue weighted by atomic mass is 16.7. The molecule has 2 aromatic carbocycles. The van der Waals surface area contributed by atoms with Crippen LogP contribution in [0.3, 0.4) is 0 Å². The summed E-state index contributed by atoms with van der Waals surface area (Å²) in [5.41, 5.74) is 3.08. The Balaban J connectivity index is 1.29. The molecule has 6 nitrogen and oxygen atoms in total. The summed E-state index contributed by atoms with van der Waals surface area (Å²) in [5, 5.41) is 3.23. The fourth-order valence-corrected chi connectivity index (χ4v) is 5.45. The third-order valence-electron chi connectivity index (χ3n) is 7.23. The van der Waals surface area contributed by atoms with Crippen molar-refractivity contribution in [3.05, 3.63) is 59.2 Å². The predicted octanol–water partition coefficient (Wildman–Crippen LogP) is 3.96. The molecule has 1 atom stereocenters. The van der Waals surface area contributed by atoms with Gasteiger partial charge in [-0.1, -0.05) is 42.7 Å². The van der Waals surface area contributed by atoms with Crippen molar-refractivity contribution in [3.8, 4) is 11.5 Å². The third kappa shape index (κ3) is 3.83. The van der Waals surface area contributed by atoms with E-state index in [0.717, 1.165) is 19.3 Å². The Morgan fingerprint density at radius 2 is 1.88 bits per heavy atom. The van der Waals surface area contributed by atoms with Crippen molar-refractivity contribution in [3.63, 3.8) is 0 Å². The highest BCUT2D eigenvalue weighted by molar-refractivity contribution is 5.98. The molecule has 6 heteroatoms. The molecule has 0 aromatic heterocycles. The molecule has 1 unspecified atom stereocenters. The smallest absolute Gasteiger partial charge is 0.254 e. The Morgan fingerprint density at radius 3 is 2.69 bits per heavy atom. The van der Waals surface area contributed by atoms with Gasteiger partial charge in [-0.05, 0) is 56.4 Å². The van der Waals surface area contributed by atoms with Gasteiger partial charge in [0.25, 0.3) is 5.91 Å². The van der Waals surface area contributed by atoms with Crippen LogP contribution in [-0.2, 0) is 10.2 Å². The van der Waals surface area contributed by atoms with E-state index >= 15 is 0 Å². The van der Waals surface area contributed by atoms with Crippen LogP contribution in [-0.4, -0.2) is 42.6 Å². The summed E-state index contributed by atoms with van der Waals surface area (Å²) in [6, 6.07) is 13.4. The number of fused-ring (bicyclic) bond motifs is 1. The van der Waals surface area contributed by atoms with Crippen LogP contribution in [0.5, 0.6) is 11.5 Å². The number of hydrogen-bond donors (Lipinski definition) is 1. The zero-order chi connectivity index (χ0) is 22.1. The standard InChI is InChI=1S/C26H30N2O4/c1-18-6-4-7-20(14-18)26(11-2-3-12-26)16-27-24(29)21-8-5-13-28(21)25(30)19-9-10-22-23(15-19)32-17-31-22/h4,6-7,9-10,14-15,21H,2-3,5,8,11-13,16-17H2,1H3,(H,27,29). The summed E-state index contributed by atoms with van der Waals surface area (Å²) in [4.78, 5) is 28.1. The lowest BCUT2D eigenvalue weighted by Gasteiger charge is -2.32. The van der Waals surface area contributed by atoms with Crippen LogP contribution < -0.4 is 14.8 Å². The van der Waals surface area contributed by atoms with E-state index in [1.54, 1.807) is 23.1 Å². The lowest BCUT2D eigenvalue weighted by molar-refractivity contribution is -0.125. The van der Waals surface area contributed by atoms with E-state index in [1.807, 2.05) is 0 Å². The number of carbonyl (C=O) groups excluding carboxylic acids is 2. The third-order valence-corrected chi connectivity index (χ3v) is 7.23. The maximum absolute atomic E-state index is 13.2. The minimum absolute atomic E-state index is 0.00749. The van der Waals surface area contributed by atoms with E-state index in [-0.39, 0.29) is 24.0 Å². The van der Waals surface area contributed by atoms with Gasteiger partial charge in [-0.15, -0.1) is 0 Å². The average molecular weight is 435 g/mol. The van der Waals surface area contributed by atoms with Gasteiger partial charge in [0, 0.05) is 24.1 Å². The Labute approximate surface area is 188 Å². The van der Waals surface area contributed by atoms with E-state index in [4.69, 9.17) is 9.47 Å². The Kier molecular flexibility index (Phi) is 5.53. The SMILES string of the molecule is Cc1cccc(C2(CNC(=O)C3CCCN3C(=O)c3ccc4c(c3)OCO4)CCCC2)c1. The fourth-order valence-electron chi connectivity index (χ4n) is 5.45. The molecule has 32 heavy (non-hydrogen) atoms. The molecule has 2 amide bonds. The van der Waals surface area contributed by atoms with Crippen LogP contribution in [0, 0.1) is 6.92 Å². The van der Waals surface area contributed by atoms with Crippen molar-refractivity contribution in [2.45, 2.75) is 56.9 Å². The molecule has 2 aliphatic heterocycles. The molecule has 1 N–H and O–H groups in total. The number of carbonyl (C=O) groups is 2. The number of likely N-dealkylation sites (tertiary alicyclic amines) is 1. The number of rotatable bonds is 5. The fraction of sp³-hybridized carbons (Fsp3) is 0.462. The van der Waals surface area contributed by atoms with Gasteiger partial charge in [0.05, 0.1) is 0 Å². The molecule has 1 aliphatic carbocycles. The molecule has 0 spiro atoms. The van der Waals surface area contributed by atoms with Crippen molar-refractivity contribution >= 4 is 11.8 Å². The summed E-state index contributed by atoms with van der Waals surface area (Å²) < 4.78 is 10.8. The lowest BCUT2D eigenvalue weighted by Crippen LogP contribution is -2.49. The lowest BCUT2D eigenvalue weighted by atomic mass is 9.78. The number of benzene rings is 2. The second kappa shape index (κ2) is 8.49. The molecular weight excluding hydrogens is 404 g/mol. The highest BCUT2D eigenvalue weighted by Gasteiger charge is 2.39. The van der Waals surface area contributed by atoms with Gasteiger partial charge < -0.3 is 19.7 Å². The van der Waals surface area contributed by atoms with Crippen LogP contribution in [0.2, 0.25) is 0 Å². The van der Waals surface area contributed by atoms with Crippen LogP contribution >= 0.6 is 0 Å². The summed E-state index contributed by atoms with van der Waals surface area (Å²) in [5.74, 6) is 1.05. The molecule has 5 rings (SSSR count). The second-order valence-electron chi connectivity index (χ2n) is 9.30. The molecule has 3 aliphatic rings. The molecular formula is C26H30N2O4. The van der Waals surface area contributed by atoms with Crippen molar-refractivity contribution < 1.29 is 19.1 Å². The van der Waals surface area contributed by atoms with E-state index in [2.05, 4.69) is 36.5 Å². The van der Waals surface area contributed by atoms with E-state index in [1.165, 1.54) is 24.0 Å². The van der Waals surface area contributed by atoms with Gasteiger partial charge in [0.15, 0.2) is 11.5 Å². The second-order valence-corrected chi connectivity index (χ2v) is 9.30. The number of amides is 2. The summed E-state index contributed by atoms with van der Waals surface area (Å²) in [7, 11) is 0. The summed E-state index contributed by atoms with van der Waals surface area (Å²) >= 11 is 0. The van der Waals surface area contributed by atoms with Crippen LogP contribution in [0.1, 0.15) is 60.0 Å². The van der Waals surface area contributed by atoms with Gasteiger partial charge >= 0.3 is 0 Å². The predicted molar refractivity (Wildman–Crippen MR) is 121 cm³/mol.